The second-order valence-corrected chi connectivity index (χ2v) is 4.83. The lowest BCUT2D eigenvalue weighted by molar-refractivity contribution is 0.101. The van der Waals surface area contributed by atoms with Crippen molar-refractivity contribution in [2.75, 3.05) is 5.32 Å². The molecule has 0 aliphatic heterocycles. The molecule has 1 saturated carbocycles. The van der Waals surface area contributed by atoms with Crippen LogP contribution >= 0.6 is 0 Å². The molecule has 3 nitrogen and oxygen atoms in total. The van der Waals surface area contributed by atoms with Crippen LogP contribution in [0.5, 0.6) is 0 Å². The molecule has 1 aliphatic rings. The van der Waals surface area contributed by atoms with E-state index in [1.807, 2.05) is 24.3 Å². The average molecular weight is 232 g/mol. The Bertz CT molecular complexity index is 386. The quantitative estimate of drug-likeness (QED) is 0.787. The second kappa shape index (κ2) is 5.32. The number of benzene rings is 1. The molecule has 1 fully saturated rings. The fraction of sp³-hybridized carbons (Fsp3) is 0.500. The van der Waals surface area contributed by atoms with E-state index in [2.05, 4.69) is 5.32 Å². The van der Waals surface area contributed by atoms with Crippen LogP contribution in [-0.2, 0) is 0 Å². The third kappa shape index (κ3) is 3.07. The first kappa shape index (κ1) is 12.1. The molecular weight excluding hydrogens is 212 g/mol. The zero-order valence-electron chi connectivity index (χ0n) is 10.3. The van der Waals surface area contributed by atoms with Crippen molar-refractivity contribution >= 4 is 11.5 Å². The van der Waals surface area contributed by atoms with Gasteiger partial charge in [0.25, 0.3) is 0 Å². The Labute approximate surface area is 102 Å². The highest BCUT2D eigenvalue weighted by molar-refractivity contribution is 5.94. The van der Waals surface area contributed by atoms with Crippen molar-refractivity contribution in [3.63, 3.8) is 0 Å². The van der Waals surface area contributed by atoms with Crippen molar-refractivity contribution < 1.29 is 4.79 Å². The highest BCUT2D eigenvalue weighted by Gasteiger charge is 2.21. The normalized spacial score (nSPS) is 24.4. The number of carbonyl (C=O) groups excluding carboxylic acids is 1. The SMILES string of the molecule is CC(=O)c1ccc(NC2CCCCC2N)cc1. The Morgan fingerprint density at radius 2 is 1.88 bits per heavy atom. The minimum Gasteiger partial charge on any atom is -0.381 e. The summed E-state index contributed by atoms with van der Waals surface area (Å²) >= 11 is 0. The smallest absolute Gasteiger partial charge is 0.159 e. The van der Waals surface area contributed by atoms with Crippen LogP contribution in [0.25, 0.3) is 0 Å². The molecule has 92 valence electrons. The summed E-state index contributed by atoms with van der Waals surface area (Å²) < 4.78 is 0. The standard InChI is InChI=1S/C14H20N2O/c1-10(17)11-6-8-12(9-7-11)16-14-5-3-2-4-13(14)15/h6-9,13-14,16H,2-5,15H2,1H3. The van der Waals surface area contributed by atoms with Crippen LogP contribution in [-0.4, -0.2) is 17.9 Å². The van der Waals surface area contributed by atoms with Gasteiger partial charge in [-0.05, 0) is 44.0 Å². The number of nitrogens with one attached hydrogen (secondary N) is 1. The number of ketones is 1. The molecule has 0 spiro atoms. The molecule has 2 rings (SSSR count). The van der Waals surface area contributed by atoms with Gasteiger partial charge in [-0.3, -0.25) is 4.79 Å². The lowest BCUT2D eigenvalue weighted by Crippen LogP contribution is -2.42. The zero-order valence-corrected chi connectivity index (χ0v) is 10.3. The lowest BCUT2D eigenvalue weighted by atomic mass is 9.91. The van der Waals surface area contributed by atoms with E-state index in [1.54, 1.807) is 6.92 Å². The predicted octanol–water partition coefficient (Wildman–Crippen LogP) is 2.57. The third-order valence-electron chi connectivity index (χ3n) is 3.46. The fourth-order valence-electron chi connectivity index (χ4n) is 2.35. The van der Waals surface area contributed by atoms with E-state index < -0.39 is 0 Å². The highest BCUT2D eigenvalue weighted by atomic mass is 16.1. The second-order valence-electron chi connectivity index (χ2n) is 4.83. The minimum atomic E-state index is 0.103. The summed E-state index contributed by atoms with van der Waals surface area (Å²) in [6.07, 6.45) is 4.72. The molecule has 0 saturated heterocycles. The maximum atomic E-state index is 11.2. The molecule has 0 amide bonds. The van der Waals surface area contributed by atoms with Crippen molar-refractivity contribution in [2.45, 2.75) is 44.7 Å². The Hall–Kier alpha value is -1.35. The van der Waals surface area contributed by atoms with E-state index >= 15 is 0 Å². The number of hydrogen-bond acceptors (Lipinski definition) is 3. The van der Waals surface area contributed by atoms with E-state index in [0.29, 0.717) is 6.04 Å². The number of rotatable bonds is 3. The van der Waals surface area contributed by atoms with Gasteiger partial charge < -0.3 is 11.1 Å². The van der Waals surface area contributed by atoms with Crippen LogP contribution < -0.4 is 11.1 Å². The summed E-state index contributed by atoms with van der Waals surface area (Å²) in [7, 11) is 0. The Kier molecular flexibility index (Phi) is 3.79. The first-order valence-corrected chi connectivity index (χ1v) is 6.30. The summed E-state index contributed by atoms with van der Waals surface area (Å²) in [5, 5.41) is 3.46. The maximum absolute atomic E-state index is 11.2. The topological polar surface area (TPSA) is 55.1 Å². The van der Waals surface area contributed by atoms with Crippen LogP contribution in [0.2, 0.25) is 0 Å². The maximum Gasteiger partial charge on any atom is 0.159 e. The van der Waals surface area contributed by atoms with Crippen LogP contribution in [0.3, 0.4) is 0 Å². The summed E-state index contributed by atoms with van der Waals surface area (Å²) in [5.74, 6) is 0.103. The highest BCUT2D eigenvalue weighted by Crippen LogP contribution is 2.21. The van der Waals surface area contributed by atoms with Gasteiger partial charge in [0.2, 0.25) is 0 Å². The molecule has 0 radical (unpaired) electrons. The first-order chi connectivity index (χ1) is 8.16. The largest absolute Gasteiger partial charge is 0.381 e. The van der Waals surface area contributed by atoms with Gasteiger partial charge in [0.05, 0.1) is 0 Å². The van der Waals surface area contributed by atoms with Crippen molar-refractivity contribution in [1.82, 2.24) is 0 Å². The number of carbonyl (C=O) groups is 1. The third-order valence-corrected chi connectivity index (χ3v) is 3.46. The lowest BCUT2D eigenvalue weighted by Gasteiger charge is -2.30. The molecule has 2 unspecified atom stereocenters. The van der Waals surface area contributed by atoms with Gasteiger partial charge in [0.1, 0.15) is 0 Å². The van der Waals surface area contributed by atoms with Crippen LogP contribution in [0.4, 0.5) is 5.69 Å². The molecule has 1 aromatic rings. The van der Waals surface area contributed by atoms with E-state index in [0.717, 1.165) is 24.1 Å². The number of Topliss-reactive ketones (excluding diaryl/α,β-unsaturated/α-hetero) is 1. The summed E-state index contributed by atoms with van der Waals surface area (Å²) in [6, 6.07) is 8.25. The van der Waals surface area contributed by atoms with Crippen molar-refractivity contribution in [3.8, 4) is 0 Å². The fourth-order valence-corrected chi connectivity index (χ4v) is 2.35. The van der Waals surface area contributed by atoms with E-state index in [4.69, 9.17) is 5.73 Å². The molecule has 1 aliphatic carbocycles. The average Bonchev–Trinajstić information content (AvgIpc) is 2.33. The Morgan fingerprint density at radius 3 is 2.47 bits per heavy atom. The Morgan fingerprint density at radius 1 is 1.24 bits per heavy atom. The molecule has 0 bridgehead atoms. The van der Waals surface area contributed by atoms with Crippen LogP contribution in [0.15, 0.2) is 24.3 Å². The van der Waals surface area contributed by atoms with Gasteiger partial charge in [0, 0.05) is 23.3 Å². The van der Waals surface area contributed by atoms with Gasteiger partial charge >= 0.3 is 0 Å². The molecule has 3 heteroatoms. The summed E-state index contributed by atoms with van der Waals surface area (Å²) in [5.41, 5.74) is 7.89. The first-order valence-electron chi connectivity index (χ1n) is 6.30. The van der Waals surface area contributed by atoms with E-state index in [-0.39, 0.29) is 11.8 Å². The monoisotopic (exact) mass is 232 g/mol. The molecule has 3 N–H and O–H groups in total. The van der Waals surface area contributed by atoms with Gasteiger partial charge in [-0.2, -0.15) is 0 Å². The zero-order chi connectivity index (χ0) is 12.3. The van der Waals surface area contributed by atoms with E-state index in [9.17, 15) is 4.79 Å². The van der Waals surface area contributed by atoms with Crippen LogP contribution in [0, 0.1) is 0 Å². The van der Waals surface area contributed by atoms with Crippen molar-refractivity contribution in [3.05, 3.63) is 29.8 Å². The summed E-state index contributed by atoms with van der Waals surface area (Å²) in [6.45, 7) is 1.58. The van der Waals surface area contributed by atoms with Gasteiger partial charge in [-0.1, -0.05) is 12.8 Å². The van der Waals surface area contributed by atoms with Crippen LogP contribution in [0.1, 0.15) is 43.0 Å². The number of nitrogens with two attached hydrogens (primary N) is 1. The van der Waals surface area contributed by atoms with Gasteiger partial charge in [0.15, 0.2) is 5.78 Å². The Balaban J connectivity index is 2.00. The molecule has 0 aromatic heterocycles. The molecule has 17 heavy (non-hydrogen) atoms. The number of anilines is 1. The minimum absolute atomic E-state index is 0.103. The predicted molar refractivity (Wildman–Crippen MR) is 70.3 cm³/mol. The van der Waals surface area contributed by atoms with Crippen molar-refractivity contribution in [2.24, 2.45) is 5.73 Å². The van der Waals surface area contributed by atoms with E-state index in [1.165, 1.54) is 12.8 Å². The van der Waals surface area contributed by atoms with Crippen molar-refractivity contribution in [1.29, 1.82) is 0 Å². The van der Waals surface area contributed by atoms with Gasteiger partial charge in [-0.25, -0.2) is 0 Å². The number of hydrogen-bond donors (Lipinski definition) is 2. The molecule has 2 atom stereocenters. The molecular formula is C14H20N2O. The molecule has 1 aromatic carbocycles. The van der Waals surface area contributed by atoms with Gasteiger partial charge in [-0.15, -0.1) is 0 Å². The summed E-state index contributed by atoms with van der Waals surface area (Å²) in [4.78, 5) is 11.2. The molecule has 0 heterocycles.